The Morgan fingerprint density at radius 1 is 0.739 bits per heavy atom. The van der Waals surface area contributed by atoms with E-state index in [1.165, 1.54) is 0 Å². The zero-order valence-corrected chi connectivity index (χ0v) is 13.9. The Kier molecular flexibility index (Phi) is 3.89. The van der Waals surface area contributed by atoms with Gasteiger partial charge in [0.15, 0.2) is 0 Å². The average molecular weight is 322 g/mol. The maximum atomic E-state index is 12.2. The van der Waals surface area contributed by atoms with Crippen molar-refractivity contribution in [1.29, 1.82) is 0 Å². The summed E-state index contributed by atoms with van der Waals surface area (Å²) in [4.78, 5) is 23.8. The second-order valence-electron chi connectivity index (χ2n) is 5.85. The van der Waals surface area contributed by atoms with Crippen LogP contribution in [0.2, 0.25) is 0 Å². The molecule has 3 aromatic rings. The Labute approximate surface area is 136 Å². The zero-order chi connectivity index (χ0) is 16.4. The SMILES string of the molecule is CP(O)(c1ccccc1)(c1ccccc1)c1ccccc1C=O. The summed E-state index contributed by atoms with van der Waals surface area (Å²) in [5, 5.41) is 2.39. The molecule has 0 saturated carbocycles. The Morgan fingerprint density at radius 3 is 1.65 bits per heavy atom. The van der Waals surface area contributed by atoms with Crippen molar-refractivity contribution < 1.29 is 9.69 Å². The van der Waals surface area contributed by atoms with E-state index in [2.05, 4.69) is 0 Å². The van der Waals surface area contributed by atoms with Crippen molar-refractivity contribution in [1.82, 2.24) is 0 Å². The van der Waals surface area contributed by atoms with Crippen LogP contribution in [0.1, 0.15) is 10.4 Å². The van der Waals surface area contributed by atoms with Crippen LogP contribution in [-0.2, 0) is 0 Å². The van der Waals surface area contributed by atoms with Gasteiger partial charge in [-0.25, -0.2) is 0 Å². The van der Waals surface area contributed by atoms with E-state index in [1.807, 2.05) is 85.5 Å². The summed E-state index contributed by atoms with van der Waals surface area (Å²) in [7, 11) is 0. The summed E-state index contributed by atoms with van der Waals surface area (Å²) in [6.07, 6.45) is 0.822. The Hall–Kier alpha value is -2.28. The van der Waals surface area contributed by atoms with E-state index >= 15 is 0 Å². The van der Waals surface area contributed by atoms with Crippen LogP contribution < -0.4 is 15.9 Å². The Morgan fingerprint density at radius 2 is 1.17 bits per heavy atom. The normalized spacial score (nSPS) is 13.0. The van der Waals surface area contributed by atoms with E-state index in [0.717, 1.165) is 16.9 Å². The van der Waals surface area contributed by atoms with E-state index in [9.17, 15) is 9.69 Å². The molecular formula is C20H19O2P. The molecule has 0 aromatic heterocycles. The topological polar surface area (TPSA) is 37.3 Å². The molecule has 2 nitrogen and oxygen atoms in total. The van der Waals surface area contributed by atoms with E-state index < -0.39 is 6.83 Å². The molecule has 0 unspecified atom stereocenters. The van der Waals surface area contributed by atoms with Gasteiger partial charge in [-0.3, -0.25) is 0 Å². The minimum absolute atomic E-state index is 0.530. The number of rotatable bonds is 4. The summed E-state index contributed by atoms with van der Waals surface area (Å²) >= 11 is 0. The fourth-order valence-electron chi connectivity index (χ4n) is 3.10. The van der Waals surface area contributed by atoms with Crippen LogP contribution in [0, 0.1) is 0 Å². The molecule has 0 fully saturated rings. The quantitative estimate of drug-likeness (QED) is 0.592. The monoisotopic (exact) mass is 322 g/mol. The number of carbonyl (C=O) groups is 1. The van der Waals surface area contributed by atoms with Crippen molar-refractivity contribution in [2.24, 2.45) is 0 Å². The van der Waals surface area contributed by atoms with Gasteiger partial charge >= 0.3 is 136 Å². The fourth-order valence-corrected chi connectivity index (χ4v) is 6.97. The van der Waals surface area contributed by atoms with E-state index in [1.54, 1.807) is 6.07 Å². The molecule has 0 bridgehead atoms. The second-order valence-corrected chi connectivity index (χ2v) is 10.4. The van der Waals surface area contributed by atoms with Gasteiger partial charge < -0.3 is 0 Å². The first-order chi connectivity index (χ1) is 11.1. The average Bonchev–Trinajstić information content (AvgIpc) is 2.63. The zero-order valence-electron chi connectivity index (χ0n) is 13.0. The first-order valence-corrected chi connectivity index (χ1v) is 10.1. The molecule has 0 aliphatic carbocycles. The third-order valence-electron chi connectivity index (χ3n) is 4.43. The molecule has 0 aliphatic heterocycles. The second kappa shape index (κ2) is 5.73. The minimum atomic E-state index is -3.68. The third kappa shape index (κ3) is 2.41. The number of aldehydes is 1. The Balaban J connectivity index is 2.43. The molecule has 0 atom stereocenters. The van der Waals surface area contributed by atoms with Crippen LogP contribution in [-0.4, -0.2) is 17.8 Å². The molecular weight excluding hydrogens is 303 g/mol. The van der Waals surface area contributed by atoms with Crippen molar-refractivity contribution in [2.75, 3.05) is 6.66 Å². The summed E-state index contributed by atoms with van der Waals surface area (Å²) in [6, 6.07) is 26.6. The number of carbonyl (C=O) groups excluding carboxylic acids is 1. The molecule has 0 saturated heterocycles. The summed E-state index contributed by atoms with van der Waals surface area (Å²) in [5.41, 5.74) is 0.530. The molecule has 0 radical (unpaired) electrons. The molecule has 116 valence electrons. The van der Waals surface area contributed by atoms with Crippen LogP contribution in [0.4, 0.5) is 0 Å². The Bertz CT molecular complexity index is 783. The number of hydrogen-bond acceptors (Lipinski definition) is 2. The van der Waals surface area contributed by atoms with Crippen LogP contribution in [0.15, 0.2) is 84.9 Å². The van der Waals surface area contributed by atoms with Crippen molar-refractivity contribution in [3.63, 3.8) is 0 Å². The van der Waals surface area contributed by atoms with Crippen LogP contribution in [0.5, 0.6) is 0 Å². The molecule has 3 aromatic carbocycles. The van der Waals surface area contributed by atoms with Gasteiger partial charge in [0.25, 0.3) is 0 Å². The standard InChI is InChI=1S/C20H19O2P/c1-23(22,18-11-4-2-5-12-18,19-13-6-3-7-14-19)20-15-9-8-10-17(20)16-21/h2-16,22H,1H3. The third-order valence-corrected chi connectivity index (χ3v) is 9.14. The van der Waals surface area contributed by atoms with Gasteiger partial charge in [-0.05, 0) is 0 Å². The summed E-state index contributed by atoms with van der Waals surface area (Å²) in [6.45, 7) is -1.79. The summed E-state index contributed by atoms with van der Waals surface area (Å²) in [5.74, 6) is 0. The summed E-state index contributed by atoms with van der Waals surface area (Å²) < 4.78 is 0. The van der Waals surface area contributed by atoms with Crippen molar-refractivity contribution in [3.8, 4) is 0 Å². The molecule has 0 spiro atoms. The molecule has 0 aliphatic rings. The molecule has 3 heteroatoms. The van der Waals surface area contributed by atoms with E-state index in [-0.39, 0.29) is 0 Å². The van der Waals surface area contributed by atoms with Crippen molar-refractivity contribution >= 4 is 29.0 Å². The molecule has 0 heterocycles. The van der Waals surface area contributed by atoms with Gasteiger partial charge in [-0.1, -0.05) is 0 Å². The fraction of sp³-hybridized carbons (Fsp3) is 0.0500. The molecule has 0 amide bonds. The molecule has 23 heavy (non-hydrogen) atoms. The van der Waals surface area contributed by atoms with Crippen molar-refractivity contribution in [3.05, 3.63) is 90.5 Å². The van der Waals surface area contributed by atoms with Gasteiger partial charge in [0.1, 0.15) is 0 Å². The van der Waals surface area contributed by atoms with Crippen LogP contribution in [0.25, 0.3) is 0 Å². The molecule has 1 N–H and O–H groups in total. The van der Waals surface area contributed by atoms with E-state index in [0.29, 0.717) is 10.9 Å². The van der Waals surface area contributed by atoms with Gasteiger partial charge in [-0.15, -0.1) is 0 Å². The number of hydrogen-bond donors (Lipinski definition) is 1. The van der Waals surface area contributed by atoms with E-state index in [4.69, 9.17) is 0 Å². The van der Waals surface area contributed by atoms with Crippen LogP contribution in [0.3, 0.4) is 0 Å². The predicted octanol–water partition coefficient (Wildman–Crippen LogP) is 2.87. The number of benzene rings is 3. The van der Waals surface area contributed by atoms with Gasteiger partial charge in [-0.2, -0.15) is 0 Å². The predicted molar refractivity (Wildman–Crippen MR) is 98.7 cm³/mol. The van der Waals surface area contributed by atoms with Gasteiger partial charge in [0.05, 0.1) is 0 Å². The molecule has 3 rings (SSSR count). The maximum absolute atomic E-state index is 12.2. The van der Waals surface area contributed by atoms with Crippen molar-refractivity contribution in [2.45, 2.75) is 0 Å². The van der Waals surface area contributed by atoms with Crippen LogP contribution >= 0.6 is 6.83 Å². The van der Waals surface area contributed by atoms with Gasteiger partial charge in [0, 0.05) is 0 Å². The van der Waals surface area contributed by atoms with Gasteiger partial charge in [0.2, 0.25) is 0 Å². The first-order valence-electron chi connectivity index (χ1n) is 7.49. The first kappa shape index (κ1) is 15.6.